The molecule has 0 aliphatic carbocycles. The molecule has 2 heterocycles. The van der Waals surface area contributed by atoms with Crippen molar-refractivity contribution in [3.63, 3.8) is 0 Å². The molecule has 0 fully saturated rings. The summed E-state index contributed by atoms with van der Waals surface area (Å²) in [4.78, 5) is 26.1. The van der Waals surface area contributed by atoms with Gasteiger partial charge in [0.25, 0.3) is 11.2 Å². The van der Waals surface area contributed by atoms with Crippen molar-refractivity contribution in [3.05, 3.63) is 27.2 Å². The van der Waals surface area contributed by atoms with Crippen LogP contribution in [0.4, 0.5) is 0 Å². The van der Waals surface area contributed by atoms with Crippen molar-refractivity contribution in [2.24, 2.45) is 21.1 Å². The minimum absolute atomic E-state index is 0.285. The van der Waals surface area contributed by atoms with E-state index in [4.69, 9.17) is 17.5 Å². The summed E-state index contributed by atoms with van der Waals surface area (Å²) in [5.41, 5.74) is 0.423. The molecule has 10 nitrogen and oxygen atoms in total. The first-order chi connectivity index (χ1) is 8.54. The van der Waals surface area contributed by atoms with Gasteiger partial charge in [0.05, 0.1) is 7.05 Å². The standard InChI is InChI=1S/C8H10N4O2.H2O4S/c1-10-4-9-6-5(10)7(13)12(3)8(14)11(6)2;1-5(2,3)4/h4H,1-3H3;(H2,1,2,3,4). The predicted octanol–water partition coefficient (Wildman–Crippen LogP) is -2.61. The molecule has 0 aromatic carbocycles. The molecule has 0 radical (unpaired) electrons. The molecule has 0 aliphatic heterocycles. The van der Waals surface area contributed by atoms with Gasteiger partial charge < -0.3 is 4.55 Å². The van der Waals surface area contributed by atoms with Crippen LogP contribution in [0.2, 0.25) is 0 Å². The summed E-state index contributed by atoms with van der Waals surface area (Å²) in [7, 11) is -0.0670. The molecular formula is C8H12N4O6S. The topological polar surface area (TPSA) is 141 Å². The number of hydrogen-bond donors (Lipinski definition) is 2. The highest BCUT2D eigenvalue weighted by molar-refractivity contribution is 7.79. The van der Waals surface area contributed by atoms with Gasteiger partial charge in [-0.1, -0.05) is 0 Å². The maximum Gasteiger partial charge on any atom is 0.333 e. The van der Waals surface area contributed by atoms with Crippen molar-refractivity contribution in [2.45, 2.75) is 0 Å². The van der Waals surface area contributed by atoms with Crippen LogP contribution in [0.25, 0.3) is 11.2 Å². The zero-order valence-electron chi connectivity index (χ0n) is 10.3. The van der Waals surface area contributed by atoms with Crippen LogP contribution in [0.15, 0.2) is 15.9 Å². The zero-order chi connectivity index (χ0) is 15.0. The largest absolute Gasteiger partial charge is 0.726 e. The molecule has 0 aliphatic rings. The van der Waals surface area contributed by atoms with Crippen molar-refractivity contribution in [2.75, 3.05) is 0 Å². The van der Waals surface area contributed by atoms with Crippen LogP contribution in [0, 0.1) is 0 Å². The molecule has 0 saturated heterocycles. The fourth-order valence-electron chi connectivity index (χ4n) is 1.53. The molecule has 0 bridgehead atoms. The van der Waals surface area contributed by atoms with E-state index in [0.29, 0.717) is 11.2 Å². The first-order valence-electron chi connectivity index (χ1n) is 4.85. The van der Waals surface area contributed by atoms with Crippen LogP contribution >= 0.6 is 0 Å². The van der Waals surface area contributed by atoms with Crippen LogP contribution in [0.3, 0.4) is 0 Å². The third-order valence-electron chi connectivity index (χ3n) is 2.39. The lowest BCUT2D eigenvalue weighted by molar-refractivity contribution is -0.645. The molecule has 0 saturated carbocycles. The summed E-state index contributed by atoms with van der Waals surface area (Å²) in [6.07, 6.45) is 1.64. The summed E-state index contributed by atoms with van der Waals surface area (Å²) in [5, 5.41) is 0. The normalized spacial score (nSPS) is 11.2. The quantitative estimate of drug-likeness (QED) is 0.310. The first-order valence-corrected chi connectivity index (χ1v) is 6.21. The number of nitrogens with zero attached hydrogens (tertiary/aromatic N) is 3. The molecule has 2 rings (SSSR count). The summed E-state index contributed by atoms with van der Waals surface area (Å²) in [6, 6.07) is 0. The summed E-state index contributed by atoms with van der Waals surface area (Å²) in [5.74, 6) is 0. The van der Waals surface area contributed by atoms with Gasteiger partial charge in [-0.05, 0) is 0 Å². The fraction of sp³-hybridized carbons (Fsp3) is 0.375. The Kier molecular flexibility index (Phi) is 3.93. The van der Waals surface area contributed by atoms with E-state index in [-0.39, 0.29) is 11.2 Å². The Morgan fingerprint density at radius 1 is 1.32 bits per heavy atom. The van der Waals surface area contributed by atoms with Gasteiger partial charge in [-0.25, -0.2) is 22.8 Å². The lowest BCUT2D eigenvalue weighted by Crippen LogP contribution is -2.41. The molecule has 0 atom stereocenters. The highest BCUT2D eigenvalue weighted by Gasteiger charge is 2.17. The SMILES string of the molecule is Cn1c(=O)c2c([nH]c[n+]2C)n(C)c1=O.O=S(=O)([O-])O. The molecule has 2 aromatic rings. The second-order valence-corrected chi connectivity index (χ2v) is 4.57. The molecule has 0 amide bonds. The van der Waals surface area contributed by atoms with Crippen LogP contribution in [-0.4, -0.2) is 31.6 Å². The third-order valence-corrected chi connectivity index (χ3v) is 2.39. The van der Waals surface area contributed by atoms with Crippen molar-refractivity contribution in [1.82, 2.24) is 14.1 Å². The monoisotopic (exact) mass is 292 g/mol. The number of H-pyrrole nitrogens is 1. The van der Waals surface area contributed by atoms with Crippen LogP contribution < -0.4 is 15.8 Å². The second-order valence-electron chi connectivity index (χ2n) is 3.72. The number of imidazole rings is 1. The average molecular weight is 292 g/mol. The van der Waals surface area contributed by atoms with Crippen molar-refractivity contribution < 1.29 is 22.1 Å². The summed E-state index contributed by atoms with van der Waals surface area (Å²) in [6.45, 7) is 0. The van der Waals surface area contributed by atoms with Gasteiger partial charge in [0.2, 0.25) is 16.7 Å². The molecule has 0 unspecified atom stereocenters. The average Bonchev–Trinajstić information content (AvgIpc) is 2.63. The minimum Gasteiger partial charge on any atom is -0.726 e. The van der Waals surface area contributed by atoms with E-state index in [1.54, 1.807) is 25.0 Å². The minimum atomic E-state index is -4.92. The molecular weight excluding hydrogens is 280 g/mol. The van der Waals surface area contributed by atoms with Gasteiger partial charge in [-0.2, -0.15) is 0 Å². The Bertz CT molecular complexity index is 819. The van der Waals surface area contributed by atoms with E-state index in [1.807, 2.05) is 0 Å². The van der Waals surface area contributed by atoms with Gasteiger partial charge in [0.15, 0.2) is 0 Å². The number of aromatic amines is 1. The number of aromatic nitrogens is 4. The Labute approximate surface area is 107 Å². The van der Waals surface area contributed by atoms with Gasteiger partial charge in [-0.15, -0.1) is 0 Å². The van der Waals surface area contributed by atoms with Crippen LogP contribution in [-0.2, 0) is 31.5 Å². The highest BCUT2D eigenvalue weighted by Crippen LogP contribution is 1.95. The van der Waals surface area contributed by atoms with E-state index < -0.39 is 10.4 Å². The number of aryl methyl sites for hydroxylation is 2. The molecule has 2 aromatic heterocycles. The van der Waals surface area contributed by atoms with Gasteiger partial charge in [0.1, 0.15) is 0 Å². The number of fused-ring (bicyclic) bond motifs is 1. The predicted molar refractivity (Wildman–Crippen MR) is 62.3 cm³/mol. The van der Waals surface area contributed by atoms with E-state index in [2.05, 4.69) is 4.98 Å². The van der Waals surface area contributed by atoms with Gasteiger partial charge >= 0.3 is 11.2 Å². The molecule has 0 spiro atoms. The molecule has 11 heteroatoms. The molecule has 19 heavy (non-hydrogen) atoms. The van der Waals surface area contributed by atoms with E-state index in [1.165, 1.54) is 11.6 Å². The fourth-order valence-corrected chi connectivity index (χ4v) is 1.53. The number of rotatable bonds is 0. The second kappa shape index (κ2) is 4.95. The van der Waals surface area contributed by atoms with E-state index in [0.717, 1.165) is 4.57 Å². The van der Waals surface area contributed by atoms with Gasteiger partial charge in [-0.3, -0.25) is 18.5 Å². The zero-order valence-corrected chi connectivity index (χ0v) is 11.1. The Morgan fingerprint density at radius 2 is 1.79 bits per heavy atom. The van der Waals surface area contributed by atoms with E-state index in [9.17, 15) is 9.59 Å². The van der Waals surface area contributed by atoms with Crippen molar-refractivity contribution in [3.8, 4) is 0 Å². The maximum absolute atomic E-state index is 11.7. The lowest BCUT2D eigenvalue weighted by atomic mass is 10.5. The number of nitrogens with one attached hydrogen (secondary N) is 1. The van der Waals surface area contributed by atoms with Crippen LogP contribution in [0.5, 0.6) is 0 Å². The summed E-state index contributed by atoms with van der Waals surface area (Å²) >= 11 is 0. The first kappa shape index (κ1) is 15.1. The third kappa shape index (κ3) is 3.27. The molecule has 106 valence electrons. The Hall–Kier alpha value is -1.98. The van der Waals surface area contributed by atoms with Crippen LogP contribution in [0.1, 0.15) is 0 Å². The summed E-state index contributed by atoms with van der Waals surface area (Å²) < 4.78 is 37.0. The smallest absolute Gasteiger partial charge is 0.333 e. The van der Waals surface area contributed by atoms with Crippen molar-refractivity contribution in [1.29, 1.82) is 0 Å². The van der Waals surface area contributed by atoms with Crippen molar-refractivity contribution >= 4 is 21.6 Å². The van der Waals surface area contributed by atoms with E-state index >= 15 is 0 Å². The van der Waals surface area contributed by atoms with Gasteiger partial charge in [0, 0.05) is 14.1 Å². The Balaban J connectivity index is 0.000000312. The Morgan fingerprint density at radius 3 is 2.26 bits per heavy atom. The lowest BCUT2D eigenvalue weighted by Gasteiger charge is -1.99. The number of hydrogen-bond acceptors (Lipinski definition) is 5. The maximum atomic E-state index is 11.7. The highest BCUT2D eigenvalue weighted by atomic mass is 32.3. The molecule has 2 N–H and O–H groups in total.